The molecule has 1 unspecified atom stereocenters. The van der Waals surface area contributed by atoms with Crippen molar-refractivity contribution in [1.82, 2.24) is 0 Å². The van der Waals surface area contributed by atoms with Crippen LogP contribution in [0, 0.1) is 0 Å². The summed E-state index contributed by atoms with van der Waals surface area (Å²) < 4.78 is 0. The molecule has 0 aromatic heterocycles. The molecule has 2 aromatic rings. The lowest BCUT2D eigenvalue weighted by Gasteiger charge is -2.16. The second-order valence-corrected chi connectivity index (χ2v) is 6.59. The van der Waals surface area contributed by atoms with Crippen LogP contribution in [0.3, 0.4) is 0 Å². The van der Waals surface area contributed by atoms with E-state index >= 15 is 0 Å². The molecule has 2 rings (SSSR count). The van der Waals surface area contributed by atoms with Crippen molar-refractivity contribution >= 4 is 5.78 Å². The lowest BCUT2D eigenvalue weighted by atomic mass is 10.0. The molecule has 2 atom stereocenters. The molecule has 6 nitrogen and oxygen atoms in total. The standard InChI is InChI=1S/C12H19NO3.C8H8O.C3H8O/c1-9(14)12(16-15)8-11-4-2-10(3-5-11)6-7-13;1-7(9)8-5-3-2-4-6-8;1-2-3-4/h2-5,9,12,14-15H,6-8,13H2,1H3;2-6H,1H3;4H,2-3H2,1H3/t9-,12?;;/m0../s1. The van der Waals surface area contributed by atoms with Gasteiger partial charge in [-0.25, -0.2) is 4.89 Å². The molecular formula is C23H35NO5. The van der Waals surface area contributed by atoms with E-state index in [4.69, 9.17) is 16.1 Å². The van der Waals surface area contributed by atoms with Crippen LogP contribution in [0.4, 0.5) is 0 Å². The Kier molecular flexibility index (Phi) is 15.6. The first kappa shape index (κ1) is 26.9. The van der Waals surface area contributed by atoms with Crippen molar-refractivity contribution < 1.29 is 25.2 Å². The number of nitrogens with two attached hydrogens (primary N) is 1. The highest BCUT2D eigenvalue weighted by atomic mass is 17.1. The number of hydrogen-bond donors (Lipinski definition) is 4. The van der Waals surface area contributed by atoms with Crippen molar-refractivity contribution in [2.24, 2.45) is 5.73 Å². The first-order valence-electron chi connectivity index (χ1n) is 9.82. The first-order valence-corrected chi connectivity index (χ1v) is 9.82. The Balaban J connectivity index is 0.000000504. The van der Waals surface area contributed by atoms with Gasteiger partial charge in [0, 0.05) is 18.6 Å². The number of Topliss-reactive ketones (excluding diaryl/α,β-unsaturated/α-hetero) is 1. The summed E-state index contributed by atoms with van der Waals surface area (Å²) in [7, 11) is 0. The molecule has 2 aromatic carbocycles. The molecule has 0 saturated heterocycles. The highest BCUT2D eigenvalue weighted by molar-refractivity contribution is 5.93. The maximum atomic E-state index is 10.6. The number of ketones is 1. The van der Waals surface area contributed by atoms with E-state index in [9.17, 15) is 9.90 Å². The van der Waals surface area contributed by atoms with E-state index in [-0.39, 0.29) is 5.78 Å². The lowest BCUT2D eigenvalue weighted by molar-refractivity contribution is -0.294. The predicted octanol–water partition coefficient (Wildman–Crippen LogP) is 3.25. The van der Waals surface area contributed by atoms with Gasteiger partial charge < -0.3 is 15.9 Å². The molecule has 0 amide bonds. The fourth-order valence-electron chi connectivity index (χ4n) is 2.21. The Bertz CT molecular complexity index is 642. The van der Waals surface area contributed by atoms with E-state index in [1.54, 1.807) is 13.8 Å². The zero-order valence-electron chi connectivity index (χ0n) is 17.6. The highest BCUT2D eigenvalue weighted by Crippen LogP contribution is 2.11. The quantitative estimate of drug-likeness (QED) is 0.305. The van der Waals surface area contributed by atoms with Crippen LogP contribution >= 0.6 is 0 Å². The van der Waals surface area contributed by atoms with E-state index in [2.05, 4.69) is 4.89 Å². The Morgan fingerprint density at radius 1 is 1.07 bits per heavy atom. The van der Waals surface area contributed by atoms with Crippen LogP contribution < -0.4 is 5.73 Å². The summed E-state index contributed by atoms with van der Waals surface area (Å²) in [5.74, 6) is 0.121. The zero-order valence-corrected chi connectivity index (χ0v) is 17.6. The fraction of sp³-hybridized carbons (Fsp3) is 0.435. The van der Waals surface area contributed by atoms with Crippen molar-refractivity contribution in [3.8, 4) is 0 Å². The van der Waals surface area contributed by atoms with Gasteiger partial charge in [-0.05, 0) is 44.4 Å². The van der Waals surface area contributed by atoms with Crippen molar-refractivity contribution in [3.63, 3.8) is 0 Å². The molecule has 0 fully saturated rings. The van der Waals surface area contributed by atoms with E-state index in [1.807, 2.05) is 61.5 Å². The van der Waals surface area contributed by atoms with Crippen LogP contribution in [0.25, 0.3) is 0 Å². The number of carbonyl (C=O) groups excluding carboxylic acids is 1. The summed E-state index contributed by atoms with van der Waals surface area (Å²) in [6.07, 6.45) is 0.933. The van der Waals surface area contributed by atoms with Crippen molar-refractivity contribution in [3.05, 3.63) is 71.3 Å². The van der Waals surface area contributed by atoms with E-state index < -0.39 is 12.2 Å². The molecule has 29 heavy (non-hydrogen) atoms. The van der Waals surface area contributed by atoms with Crippen LogP contribution in [-0.2, 0) is 17.7 Å². The van der Waals surface area contributed by atoms with E-state index in [0.717, 1.165) is 24.0 Å². The Hall–Kier alpha value is -2.09. The predicted molar refractivity (Wildman–Crippen MR) is 116 cm³/mol. The minimum atomic E-state index is -0.700. The minimum Gasteiger partial charge on any atom is -0.396 e. The molecule has 0 aliphatic heterocycles. The summed E-state index contributed by atoms with van der Waals surface area (Å²) in [5.41, 5.74) is 8.43. The van der Waals surface area contributed by atoms with Gasteiger partial charge >= 0.3 is 0 Å². The average molecular weight is 406 g/mol. The van der Waals surface area contributed by atoms with Gasteiger partial charge in [0.05, 0.1) is 6.10 Å². The van der Waals surface area contributed by atoms with Gasteiger partial charge in [0.1, 0.15) is 6.10 Å². The van der Waals surface area contributed by atoms with Crippen LogP contribution in [0.5, 0.6) is 0 Å². The summed E-state index contributed by atoms with van der Waals surface area (Å²) >= 11 is 0. The van der Waals surface area contributed by atoms with Crippen molar-refractivity contribution in [1.29, 1.82) is 0 Å². The largest absolute Gasteiger partial charge is 0.396 e. The van der Waals surface area contributed by atoms with Crippen molar-refractivity contribution in [2.75, 3.05) is 13.2 Å². The molecule has 0 aliphatic carbocycles. The molecule has 5 N–H and O–H groups in total. The molecular weight excluding hydrogens is 370 g/mol. The molecule has 0 radical (unpaired) electrons. The van der Waals surface area contributed by atoms with E-state index in [0.29, 0.717) is 19.6 Å². The monoisotopic (exact) mass is 405 g/mol. The number of aliphatic hydroxyl groups is 2. The SMILES string of the molecule is CC(=O)c1ccccc1.CCCO.C[C@H](O)C(Cc1ccc(CCN)cc1)OO. The number of carbonyl (C=O) groups is 1. The lowest BCUT2D eigenvalue weighted by Crippen LogP contribution is -2.27. The Morgan fingerprint density at radius 3 is 1.93 bits per heavy atom. The smallest absolute Gasteiger partial charge is 0.159 e. The minimum absolute atomic E-state index is 0.121. The van der Waals surface area contributed by atoms with E-state index in [1.165, 1.54) is 5.56 Å². The van der Waals surface area contributed by atoms with Crippen molar-refractivity contribution in [2.45, 2.75) is 52.2 Å². The molecule has 0 saturated carbocycles. The van der Waals surface area contributed by atoms with Crippen LogP contribution in [0.1, 0.15) is 48.7 Å². The molecule has 0 aliphatic rings. The molecule has 0 heterocycles. The molecule has 0 spiro atoms. The third kappa shape index (κ3) is 12.9. The zero-order chi connectivity index (χ0) is 22.1. The number of rotatable bonds is 8. The first-order chi connectivity index (χ1) is 13.9. The summed E-state index contributed by atoms with van der Waals surface area (Å²) in [6, 6.07) is 17.1. The second-order valence-electron chi connectivity index (χ2n) is 6.59. The fourth-order valence-corrected chi connectivity index (χ4v) is 2.21. The van der Waals surface area contributed by atoms with Gasteiger partial charge in [0.15, 0.2) is 5.78 Å². The van der Waals surface area contributed by atoms with Gasteiger partial charge in [0.2, 0.25) is 0 Å². The summed E-state index contributed by atoms with van der Waals surface area (Å²) in [5, 5.41) is 25.8. The maximum Gasteiger partial charge on any atom is 0.159 e. The van der Waals surface area contributed by atoms with Crippen LogP contribution in [0.2, 0.25) is 0 Å². The topological polar surface area (TPSA) is 113 Å². The van der Waals surface area contributed by atoms with Gasteiger partial charge in [-0.1, -0.05) is 61.5 Å². The van der Waals surface area contributed by atoms with Gasteiger partial charge in [-0.15, -0.1) is 0 Å². The maximum absolute atomic E-state index is 10.6. The van der Waals surface area contributed by atoms with Crippen LogP contribution in [0.15, 0.2) is 54.6 Å². The third-order valence-electron chi connectivity index (χ3n) is 3.97. The van der Waals surface area contributed by atoms with Gasteiger partial charge in [0.25, 0.3) is 0 Å². The summed E-state index contributed by atoms with van der Waals surface area (Å²) in [4.78, 5) is 14.9. The third-order valence-corrected chi connectivity index (χ3v) is 3.97. The average Bonchev–Trinajstić information content (AvgIpc) is 2.74. The normalized spacial score (nSPS) is 12.0. The Labute approximate surface area is 173 Å². The number of benzene rings is 2. The summed E-state index contributed by atoms with van der Waals surface area (Å²) in [6.45, 7) is 6.04. The van der Waals surface area contributed by atoms with Crippen LogP contribution in [-0.4, -0.2) is 46.6 Å². The van der Waals surface area contributed by atoms with Gasteiger partial charge in [-0.2, -0.15) is 0 Å². The molecule has 6 heteroatoms. The number of hydrogen-bond acceptors (Lipinski definition) is 6. The number of aliphatic hydroxyl groups excluding tert-OH is 2. The van der Waals surface area contributed by atoms with Gasteiger partial charge in [-0.3, -0.25) is 10.1 Å². The highest BCUT2D eigenvalue weighted by Gasteiger charge is 2.16. The molecule has 162 valence electrons. The molecule has 0 bridgehead atoms. The Morgan fingerprint density at radius 2 is 1.59 bits per heavy atom. The second kappa shape index (κ2) is 16.8.